The second-order valence-corrected chi connectivity index (χ2v) is 7.44. The molecule has 0 fully saturated rings. The number of rotatable bonds is 9. The van der Waals surface area contributed by atoms with E-state index in [1.165, 1.54) is 26.2 Å². The van der Waals surface area contributed by atoms with E-state index in [1.807, 2.05) is 6.07 Å². The molecule has 0 aliphatic heterocycles. The van der Waals surface area contributed by atoms with E-state index >= 15 is 0 Å². The van der Waals surface area contributed by atoms with E-state index in [-0.39, 0.29) is 35.8 Å². The van der Waals surface area contributed by atoms with Crippen molar-refractivity contribution in [2.24, 2.45) is 0 Å². The van der Waals surface area contributed by atoms with Crippen molar-refractivity contribution in [3.8, 4) is 17.2 Å². The number of likely N-dealkylation sites (N-methyl/N-ethyl adjacent to an activating group) is 1. The van der Waals surface area contributed by atoms with Crippen LogP contribution in [0.1, 0.15) is 15.9 Å². The quantitative estimate of drug-likeness (QED) is 0.499. The smallest absolute Gasteiger partial charge is 0.264 e. The molecule has 1 aromatic heterocycles. The highest BCUT2D eigenvalue weighted by atomic mass is 16.5. The number of benzene rings is 2. The first-order valence-electron chi connectivity index (χ1n) is 10.2. The lowest BCUT2D eigenvalue weighted by Gasteiger charge is -2.20. The van der Waals surface area contributed by atoms with Crippen LogP contribution in [0.5, 0.6) is 17.2 Å². The SMILES string of the molecule is COc1cc2nc(N(C)Cc3cccc(C(=O)N(C)CCO)c3)[nH]c(=O)c2c(OC)c1OC. The number of carbonyl (C=O) groups excluding carboxylic acids is 1. The van der Waals surface area contributed by atoms with Crippen molar-refractivity contribution in [3.63, 3.8) is 0 Å². The molecule has 2 aromatic carbocycles. The highest BCUT2D eigenvalue weighted by Gasteiger charge is 2.21. The van der Waals surface area contributed by atoms with Crippen molar-refractivity contribution >= 4 is 22.8 Å². The zero-order valence-corrected chi connectivity index (χ0v) is 19.3. The van der Waals surface area contributed by atoms with Crippen LogP contribution in [0, 0.1) is 0 Å². The number of aromatic nitrogens is 2. The molecule has 2 N–H and O–H groups in total. The average Bonchev–Trinajstić information content (AvgIpc) is 2.82. The summed E-state index contributed by atoms with van der Waals surface area (Å²) < 4.78 is 16.1. The first kappa shape index (κ1) is 23.9. The lowest BCUT2D eigenvalue weighted by molar-refractivity contribution is 0.0767. The van der Waals surface area contributed by atoms with E-state index in [2.05, 4.69) is 9.97 Å². The third kappa shape index (κ3) is 4.85. The molecule has 0 unspecified atom stereocenters. The van der Waals surface area contributed by atoms with E-state index < -0.39 is 0 Å². The molecule has 0 bridgehead atoms. The van der Waals surface area contributed by atoms with Crippen LogP contribution in [-0.2, 0) is 6.54 Å². The molecular weight excluding hydrogens is 428 g/mol. The number of anilines is 1. The number of aliphatic hydroxyl groups excluding tert-OH is 1. The molecule has 3 rings (SSSR count). The molecule has 0 aliphatic rings. The Bertz CT molecular complexity index is 1210. The number of aromatic amines is 1. The minimum Gasteiger partial charge on any atom is -0.493 e. The predicted molar refractivity (Wildman–Crippen MR) is 125 cm³/mol. The molecule has 0 atom stereocenters. The Morgan fingerprint density at radius 2 is 1.82 bits per heavy atom. The van der Waals surface area contributed by atoms with Crippen LogP contribution in [0.3, 0.4) is 0 Å². The summed E-state index contributed by atoms with van der Waals surface area (Å²) in [5.41, 5.74) is 1.38. The van der Waals surface area contributed by atoms with E-state index in [0.29, 0.717) is 35.1 Å². The Balaban J connectivity index is 1.95. The summed E-state index contributed by atoms with van der Waals surface area (Å²) in [6.07, 6.45) is 0. The maximum absolute atomic E-state index is 12.9. The molecule has 3 aromatic rings. The minimum absolute atomic E-state index is 0.104. The summed E-state index contributed by atoms with van der Waals surface area (Å²) >= 11 is 0. The number of hydrogen-bond acceptors (Lipinski definition) is 8. The van der Waals surface area contributed by atoms with E-state index in [1.54, 1.807) is 43.3 Å². The van der Waals surface area contributed by atoms with Crippen molar-refractivity contribution < 1.29 is 24.1 Å². The van der Waals surface area contributed by atoms with Gasteiger partial charge in [-0.05, 0) is 17.7 Å². The lowest BCUT2D eigenvalue weighted by Crippen LogP contribution is -2.29. The summed E-state index contributed by atoms with van der Waals surface area (Å²) in [6, 6.07) is 8.81. The predicted octanol–water partition coefficient (Wildman–Crippen LogP) is 1.65. The standard InChI is InChI=1S/C23H28N4O6/c1-26(9-10-28)22(30)15-8-6-7-14(11-15)13-27(2)23-24-16-12-17(31-3)19(32-4)20(33-5)18(16)21(29)25-23/h6-8,11-12,28H,9-10,13H2,1-5H3,(H,24,25,29). The summed E-state index contributed by atoms with van der Waals surface area (Å²) in [6.45, 7) is 0.541. The van der Waals surface area contributed by atoms with Gasteiger partial charge >= 0.3 is 0 Å². The number of fused-ring (bicyclic) bond motifs is 1. The van der Waals surface area contributed by atoms with E-state index in [0.717, 1.165) is 5.56 Å². The van der Waals surface area contributed by atoms with E-state index in [9.17, 15) is 9.59 Å². The van der Waals surface area contributed by atoms with Gasteiger partial charge in [-0.3, -0.25) is 14.6 Å². The van der Waals surface area contributed by atoms with Crippen LogP contribution >= 0.6 is 0 Å². The number of H-pyrrole nitrogens is 1. The van der Waals surface area contributed by atoms with Crippen molar-refractivity contribution in [2.75, 3.05) is 53.5 Å². The molecule has 0 saturated carbocycles. The molecule has 33 heavy (non-hydrogen) atoms. The molecule has 1 amide bonds. The zero-order chi connectivity index (χ0) is 24.1. The molecule has 0 aliphatic carbocycles. The molecule has 10 nitrogen and oxygen atoms in total. The van der Waals surface area contributed by atoms with Crippen LogP contribution in [0.2, 0.25) is 0 Å². The average molecular weight is 456 g/mol. The van der Waals surface area contributed by atoms with Crippen LogP contribution in [-0.4, -0.2) is 74.5 Å². The third-order valence-electron chi connectivity index (χ3n) is 5.23. The molecule has 10 heteroatoms. The zero-order valence-electron chi connectivity index (χ0n) is 19.3. The number of amides is 1. The lowest BCUT2D eigenvalue weighted by atomic mass is 10.1. The topological polar surface area (TPSA) is 117 Å². The Labute approximate surface area is 191 Å². The Hall–Kier alpha value is -3.79. The van der Waals surface area contributed by atoms with Gasteiger partial charge in [-0.25, -0.2) is 4.98 Å². The maximum atomic E-state index is 12.9. The summed E-state index contributed by atoms with van der Waals surface area (Å²) in [5, 5.41) is 9.32. The molecule has 0 saturated heterocycles. The van der Waals surface area contributed by atoms with Gasteiger partial charge in [-0.1, -0.05) is 12.1 Å². The highest BCUT2D eigenvalue weighted by molar-refractivity contribution is 5.94. The fraction of sp³-hybridized carbons (Fsp3) is 0.348. The van der Waals surface area contributed by atoms with Crippen molar-refractivity contribution in [3.05, 3.63) is 51.8 Å². The van der Waals surface area contributed by atoms with Gasteiger partial charge in [0, 0.05) is 38.8 Å². The van der Waals surface area contributed by atoms with Crippen LogP contribution in [0.4, 0.5) is 5.95 Å². The van der Waals surface area contributed by atoms with Gasteiger partial charge in [-0.2, -0.15) is 0 Å². The number of hydrogen-bond donors (Lipinski definition) is 2. The molecule has 0 radical (unpaired) electrons. The van der Waals surface area contributed by atoms with Crippen molar-refractivity contribution in [2.45, 2.75) is 6.54 Å². The second kappa shape index (κ2) is 10.2. The summed E-state index contributed by atoms with van der Waals surface area (Å²) in [5.74, 6) is 1.11. The molecule has 0 spiro atoms. The minimum atomic E-state index is -0.380. The fourth-order valence-electron chi connectivity index (χ4n) is 3.56. The van der Waals surface area contributed by atoms with Crippen LogP contribution in [0.25, 0.3) is 10.9 Å². The highest BCUT2D eigenvalue weighted by Crippen LogP contribution is 2.41. The van der Waals surface area contributed by atoms with Gasteiger partial charge in [0.05, 0.1) is 33.5 Å². The van der Waals surface area contributed by atoms with Crippen molar-refractivity contribution in [1.82, 2.24) is 14.9 Å². The summed E-state index contributed by atoms with van der Waals surface area (Å²) in [4.78, 5) is 36.0. The van der Waals surface area contributed by atoms with Gasteiger partial charge in [0.1, 0.15) is 5.39 Å². The molecule has 1 heterocycles. The first-order chi connectivity index (χ1) is 15.8. The van der Waals surface area contributed by atoms with Crippen LogP contribution in [0.15, 0.2) is 35.1 Å². The Morgan fingerprint density at radius 1 is 1.09 bits per heavy atom. The second-order valence-electron chi connectivity index (χ2n) is 7.44. The number of methoxy groups -OCH3 is 3. The summed E-state index contributed by atoms with van der Waals surface area (Å²) in [7, 11) is 7.83. The van der Waals surface area contributed by atoms with E-state index in [4.69, 9.17) is 19.3 Å². The number of aliphatic hydroxyl groups is 1. The molecular formula is C23H28N4O6. The van der Waals surface area contributed by atoms with Gasteiger partial charge in [0.25, 0.3) is 11.5 Å². The Morgan fingerprint density at radius 3 is 2.45 bits per heavy atom. The maximum Gasteiger partial charge on any atom is 0.264 e. The number of carbonyl (C=O) groups is 1. The third-order valence-corrected chi connectivity index (χ3v) is 5.23. The fourth-order valence-corrected chi connectivity index (χ4v) is 3.56. The van der Waals surface area contributed by atoms with Gasteiger partial charge in [0.15, 0.2) is 11.5 Å². The van der Waals surface area contributed by atoms with Gasteiger partial charge in [0.2, 0.25) is 11.7 Å². The number of ether oxygens (including phenoxy) is 3. The van der Waals surface area contributed by atoms with Gasteiger partial charge in [-0.15, -0.1) is 0 Å². The number of nitrogens with zero attached hydrogens (tertiary/aromatic N) is 3. The first-order valence-corrected chi connectivity index (χ1v) is 10.2. The Kier molecular flexibility index (Phi) is 7.39. The monoisotopic (exact) mass is 456 g/mol. The van der Waals surface area contributed by atoms with Gasteiger partial charge < -0.3 is 29.1 Å². The molecule has 176 valence electrons. The largest absolute Gasteiger partial charge is 0.493 e. The van der Waals surface area contributed by atoms with Crippen molar-refractivity contribution in [1.29, 1.82) is 0 Å². The number of nitrogens with one attached hydrogen (secondary N) is 1. The van der Waals surface area contributed by atoms with Crippen LogP contribution < -0.4 is 24.7 Å². The normalized spacial score (nSPS) is 10.7.